The maximum absolute atomic E-state index is 5.99. The van der Waals surface area contributed by atoms with Crippen LogP contribution in [0.25, 0.3) is 0 Å². The van der Waals surface area contributed by atoms with E-state index in [1.54, 1.807) is 0 Å². The number of nitrogens with zero attached hydrogens (tertiary/aromatic N) is 3. The number of hydrogen-bond donors (Lipinski definition) is 1. The van der Waals surface area contributed by atoms with Gasteiger partial charge in [-0.15, -0.1) is 10.2 Å². The quantitative estimate of drug-likeness (QED) is 0.858. The van der Waals surface area contributed by atoms with Crippen molar-refractivity contribution in [3.05, 3.63) is 38.8 Å². The highest BCUT2D eigenvalue weighted by molar-refractivity contribution is 7.15. The second-order valence-electron chi connectivity index (χ2n) is 4.39. The predicted molar refractivity (Wildman–Crippen MR) is 73.6 cm³/mol. The van der Waals surface area contributed by atoms with Crippen LogP contribution in [0, 0.1) is 0 Å². The second kappa shape index (κ2) is 4.84. The van der Waals surface area contributed by atoms with Crippen molar-refractivity contribution in [3.8, 4) is 0 Å². The molecule has 0 amide bonds. The molecule has 1 aromatic carbocycles. The first kappa shape index (κ1) is 11.9. The van der Waals surface area contributed by atoms with Gasteiger partial charge in [0.2, 0.25) is 4.47 Å². The molecule has 2 N–H and O–H groups in total. The van der Waals surface area contributed by atoms with Crippen LogP contribution in [0.2, 0.25) is 4.47 Å². The van der Waals surface area contributed by atoms with Crippen molar-refractivity contribution in [2.24, 2.45) is 0 Å². The van der Waals surface area contributed by atoms with Gasteiger partial charge < -0.3 is 5.73 Å². The molecule has 0 bridgehead atoms. The Morgan fingerprint density at radius 2 is 2.28 bits per heavy atom. The Morgan fingerprint density at radius 3 is 3.06 bits per heavy atom. The van der Waals surface area contributed by atoms with Crippen LogP contribution in [0.15, 0.2) is 18.2 Å². The second-order valence-corrected chi connectivity index (χ2v) is 6.04. The summed E-state index contributed by atoms with van der Waals surface area (Å²) in [7, 11) is 0. The highest BCUT2D eigenvalue weighted by Gasteiger charge is 2.19. The molecule has 2 aromatic rings. The summed E-state index contributed by atoms with van der Waals surface area (Å²) in [4.78, 5) is 2.35. The van der Waals surface area contributed by atoms with Crippen LogP contribution < -0.4 is 5.73 Å². The van der Waals surface area contributed by atoms with E-state index < -0.39 is 0 Å². The van der Waals surface area contributed by atoms with E-state index in [-0.39, 0.29) is 0 Å². The topological polar surface area (TPSA) is 55.0 Å². The van der Waals surface area contributed by atoms with E-state index in [0.29, 0.717) is 4.47 Å². The summed E-state index contributed by atoms with van der Waals surface area (Å²) in [5.74, 6) is 0. The molecule has 1 aliphatic rings. The molecular formula is C12H13ClN4S. The Labute approximate surface area is 114 Å². The van der Waals surface area contributed by atoms with Crippen molar-refractivity contribution in [1.29, 1.82) is 0 Å². The average molecular weight is 281 g/mol. The van der Waals surface area contributed by atoms with E-state index in [9.17, 15) is 0 Å². The molecule has 0 spiro atoms. The molecule has 2 heterocycles. The van der Waals surface area contributed by atoms with Crippen LogP contribution in [0.3, 0.4) is 0 Å². The largest absolute Gasteiger partial charge is 0.398 e. The number of nitrogens with two attached hydrogens (primary N) is 1. The molecule has 0 fully saturated rings. The molecule has 0 unspecified atom stereocenters. The molecule has 4 nitrogen and oxygen atoms in total. The predicted octanol–water partition coefficient (Wildman–Crippen LogP) is 2.33. The lowest BCUT2D eigenvalue weighted by Gasteiger charge is -2.28. The van der Waals surface area contributed by atoms with Gasteiger partial charge in [-0.1, -0.05) is 23.5 Å². The van der Waals surface area contributed by atoms with Crippen LogP contribution in [0.5, 0.6) is 0 Å². The molecule has 0 saturated carbocycles. The number of anilines is 1. The maximum Gasteiger partial charge on any atom is 0.207 e. The van der Waals surface area contributed by atoms with Gasteiger partial charge in [-0.3, -0.25) is 4.90 Å². The summed E-state index contributed by atoms with van der Waals surface area (Å²) in [6, 6.07) is 6.13. The number of benzene rings is 1. The number of fused-ring (bicyclic) bond motifs is 1. The molecule has 6 heteroatoms. The van der Waals surface area contributed by atoms with Crippen LogP contribution in [0.1, 0.15) is 16.1 Å². The van der Waals surface area contributed by atoms with Gasteiger partial charge in [-0.2, -0.15) is 0 Å². The average Bonchev–Trinajstić information content (AvgIpc) is 2.75. The third kappa shape index (κ3) is 2.34. The minimum atomic E-state index is 0.506. The van der Waals surface area contributed by atoms with Gasteiger partial charge >= 0.3 is 0 Å². The minimum Gasteiger partial charge on any atom is -0.398 e. The van der Waals surface area contributed by atoms with Crippen molar-refractivity contribution < 1.29 is 0 Å². The number of rotatable bonds is 2. The van der Waals surface area contributed by atoms with Gasteiger partial charge in [0, 0.05) is 18.8 Å². The van der Waals surface area contributed by atoms with Crippen molar-refractivity contribution in [3.63, 3.8) is 0 Å². The highest BCUT2D eigenvalue weighted by atomic mass is 35.5. The lowest BCUT2D eigenvalue weighted by atomic mass is 9.98. The fraction of sp³-hybridized carbons (Fsp3) is 0.333. The molecule has 1 aliphatic heterocycles. The van der Waals surface area contributed by atoms with Gasteiger partial charge in [0.1, 0.15) is 5.01 Å². The zero-order valence-electron chi connectivity index (χ0n) is 9.77. The molecule has 1 aromatic heterocycles. The molecule has 0 atom stereocenters. The SMILES string of the molecule is Nc1cccc2c1CCN(Cc1nnc(Cl)s1)C2. The zero-order chi connectivity index (χ0) is 12.5. The van der Waals surface area contributed by atoms with Gasteiger partial charge in [-0.05, 0) is 35.2 Å². The summed E-state index contributed by atoms with van der Waals surface area (Å²) in [5.41, 5.74) is 9.51. The van der Waals surface area contributed by atoms with Crippen LogP contribution in [-0.4, -0.2) is 21.6 Å². The first-order valence-electron chi connectivity index (χ1n) is 5.79. The normalized spacial score (nSPS) is 15.6. The van der Waals surface area contributed by atoms with Gasteiger partial charge in [0.05, 0.1) is 6.54 Å². The maximum atomic E-state index is 5.99. The number of halogens is 1. The van der Waals surface area contributed by atoms with E-state index in [2.05, 4.69) is 21.2 Å². The van der Waals surface area contributed by atoms with E-state index in [0.717, 1.165) is 36.8 Å². The lowest BCUT2D eigenvalue weighted by molar-refractivity contribution is 0.245. The standard InChI is InChI=1S/C12H13ClN4S/c13-12-16-15-11(18-12)7-17-5-4-9-8(6-17)2-1-3-10(9)14/h1-3H,4-7,14H2. The first-order chi connectivity index (χ1) is 8.72. The summed E-state index contributed by atoms with van der Waals surface area (Å²) < 4.78 is 0.506. The van der Waals surface area contributed by atoms with Gasteiger partial charge in [0.25, 0.3) is 0 Å². The fourth-order valence-corrected chi connectivity index (χ4v) is 3.23. The van der Waals surface area contributed by atoms with Crippen molar-refractivity contribution in [2.75, 3.05) is 12.3 Å². The Bertz CT molecular complexity index is 569. The summed E-state index contributed by atoms with van der Waals surface area (Å²) in [6.45, 7) is 2.72. The summed E-state index contributed by atoms with van der Waals surface area (Å²) in [6.07, 6.45) is 0.995. The van der Waals surface area contributed by atoms with Crippen molar-refractivity contribution >= 4 is 28.6 Å². The smallest absolute Gasteiger partial charge is 0.207 e. The molecule has 0 radical (unpaired) electrons. The van der Waals surface area contributed by atoms with Crippen molar-refractivity contribution in [2.45, 2.75) is 19.5 Å². The molecular weight excluding hydrogens is 268 g/mol. The highest BCUT2D eigenvalue weighted by Crippen LogP contribution is 2.25. The number of aromatic nitrogens is 2. The molecule has 3 rings (SSSR count). The Morgan fingerprint density at radius 1 is 1.39 bits per heavy atom. The first-order valence-corrected chi connectivity index (χ1v) is 6.98. The number of nitrogen functional groups attached to an aromatic ring is 1. The van der Waals surface area contributed by atoms with E-state index >= 15 is 0 Å². The van der Waals surface area contributed by atoms with E-state index in [4.69, 9.17) is 17.3 Å². The van der Waals surface area contributed by atoms with Crippen LogP contribution in [0.4, 0.5) is 5.69 Å². The Balaban J connectivity index is 1.75. The molecule has 0 aliphatic carbocycles. The van der Waals surface area contributed by atoms with Crippen molar-refractivity contribution in [1.82, 2.24) is 15.1 Å². The van der Waals surface area contributed by atoms with E-state index in [1.807, 2.05) is 12.1 Å². The Hall–Kier alpha value is -1.17. The zero-order valence-corrected chi connectivity index (χ0v) is 11.3. The third-order valence-electron chi connectivity index (χ3n) is 3.18. The minimum absolute atomic E-state index is 0.506. The lowest BCUT2D eigenvalue weighted by Crippen LogP contribution is -2.30. The van der Waals surface area contributed by atoms with E-state index in [1.165, 1.54) is 22.5 Å². The summed E-state index contributed by atoms with van der Waals surface area (Å²) in [5, 5.41) is 8.85. The monoisotopic (exact) mass is 280 g/mol. The molecule has 94 valence electrons. The molecule has 18 heavy (non-hydrogen) atoms. The van der Waals surface area contributed by atoms with Crippen LogP contribution in [-0.2, 0) is 19.5 Å². The third-order valence-corrected chi connectivity index (χ3v) is 4.19. The Kier molecular flexibility index (Phi) is 3.20. The van der Waals surface area contributed by atoms with Gasteiger partial charge in [-0.25, -0.2) is 0 Å². The van der Waals surface area contributed by atoms with Crippen LogP contribution >= 0.6 is 22.9 Å². The number of hydrogen-bond acceptors (Lipinski definition) is 5. The summed E-state index contributed by atoms with van der Waals surface area (Å²) >= 11 is 7.23. The molecule has 0 saturated heterocycles. The van der Waals surface area contributed by atoms with Gasteiger partial charge in [0.15, 0.2) is 0 Å². The fourth-order valence-electron chi connectivity index (χ4n) is 2.32.